The van der Waals surface area contributed by atoms with E-state index < -0.39 is 40.5 Å². The highest BCUT2D eigenvalue weighted by molar-refractivity contribution is 7.86. The normalized spacial score (nSPS) is 11.7. The third-order valence-electron chi connectivity index (χ3n) is 10.8. The summed E-state index contributed by atoms with van der Waals surface area (Å²) in [6.45, 7) is 13.4. The monoisotopic (exact) mass is 1140 g/mol. The zero-order valence-electron chi connectivity index (χ0n) is 42.2. The molecule has 0 unspecified atom stereocenters. The number of benzene rings is 6. The fraction of sp³-hybridized carbons (Fsp3) is 0.160. The molecule has 28 heteroatoms. The molecule has 4 heterocycles. The second-order valence-corrected chi connectivity index (χ2v) is 22.6. The van der Waals surface area contributed by atoms with Crippen molar-refractivity contribution < 1.29 is 69.6 Å². The van der Waals surface area contributed by atoms with E-state index in [1.165, 1.54) is 36.4 Å². The Morgan fingerprint density at radius 2 is 0.821 bits per heavy atom. The molecular formula is C50H43N8O16S4-3. The largest absolute Gasteiger partial charge is 0.744 e. The van der Waals surface area contributed by atoms with E-state index in [1.54, 1.807) is 90.9 Å². The minimum Gasteiger partial charge on any atom is -0.744 e. The van der Waals surface area contributed by atoms with Crippen LogP contribution in [-0.4, -0.2) is 92.7 Å². The summed E-state index contributed by atoms with van der Waals surface area (Å²) in [5.41, 5.74) is 5.89. The summed E-state index contributed by atoms with van der Waals surface area (Å²) in [5, 5.41) is 30.9. The Labute approximate surface area is 446 Å². The molecule has 0 aliphatic rings. The molecule has 78 heavy (non-hydrogen) atoms. The molecule has 0 aliphatic carbocycles. The molecule has 0 saturated carbocycles. The van der Waals surface area contributed by atoms with Crippen LogP contribution in [0.4, 0.5) is 0 Å². The van der Waals surface area contributed by atoms with E-state index in [9.17, 15) is 51.9 Å². The van der Waals surface area contributed by atoms with E-state index in [4.69, 9.17) is 17.7 Å². The zero-order chi connectivity index (χ0) is 57.1. The second kappa shape index (κ2) is 22.8. The Bertz CT molecular complexity index is 4330. The van der Waals surface area contributed by atoms with Gasteiger partial charge in [-0.05, 0) is 127 Å². The van der Waals surface area contributed by atoms with Gasteiger partial charge in [0.05, 0.1) is 20.2 Å². The summed E-state index contributed by atoms with van der Waals surface area (Å²) in [5.74, 6) is 2.16. The first kappa shape index (κ1) is 57.5. The maximum Gasteiger partial charge on any atom is 0.295 e. The van der Waals surface area contributed by atoms with Crippen LogP contribution < -0.4 is 0 Å². The second-order valence-electron chi connectivity index (χ2n) is 17.1. The molecule has 1 N–H and O–H groups in total. The van der Waals surface area contributed by atoms with Gasteiger partial charge in [-0.2, -0.15) is 8.42 Å². The smallest absolute Gasteiger partial charge is 0.295 e. The number of hydrogen-bond donors (Lipinski definition) is 1. The van der Waals surface area contributed by atoms with Crippen LogP contribution in [0.3, 0.4) is 0 Å². The average Bonchev–Trinajstić information content (AvgIpc) is 4.23. The molecule has 0 saturated heterocycles. The highest BCUT2D eigenvalue weighted by atomic mass is 32.2. The summed E-state index contributed by atoms with van der Waals surface area (Å²) in [6.07, 6.45) is 0. The topological polar surface area (TPSA) is 382 Å². The van der Waals surface area contributed by atoms with Gasteiger partial charge in [-0.1, -0.05) is 54.1 Å². The Morgan fingerprint density at radius 3 is 1.31 bits per heavy atom. The van der Waals surface area contributed by atoms with Gasteiger partial charge in [-0.3, -0.25) is 4.55 Å². The van der Waals surface area contributed by atoms with Gasteiger partial charge in [0.15, 0.2) is 0 Å². The lowest BCUT2D eigenvalue weighted by molar-refractivity contribution is 0.460. The standard InChI is InChI=1S/C16H14N2O4S.C14H12N2O4S.2C10H10N2O4S/c1-10-3-5-12(6-4-10)13-7-8-14(15(9-13)23(19,20)21)16-18-17-11(2)22-16;1-8-5-10-3-4-11(14-16-15-9(2)20-14)7-12(10)13(6-8)21(17,18)19;1-6-3-8(10-12-11-7(2)16-10)5-9(4-6)17(13,14)15;1-6-3-4-8(5-9(6)17(13,14)15)10-12-11-7(2)16-10/h3-9H,1-2H3,(H,19,20,21);3-7H,1-2H3,(H,17,18,19);2*3-5H,1-2H3,(H,13,14,15)/p-3. The minimum absolute atomic E-state index is 0.0468. The molecule has 0 atom stereocenters. The SMILES string of the molecule is Cc1cc(-c2nnc(C)o2)cc(S(=O)(=O)[O-])c1.Cc1cc(S(=O)(=O)[O-])c2cc(-c3nnc(C)o3)ccc2c1.Cc1ccc(-c2ccc(-c3nnc(C)o3)c(S(=O)(=O)O)c2)cc1.Cc1nnc(-c2ccc(C)c(S(=O)(=O)[O-])c2)o1. The molecule has 406 valence electrons. The molecular weight excluding hydrogens is 1100 g/mol. The van der Waals surface area contributed by atoms with Gasteiger partial charge in [0.2, 0.25) is 47.1 Å². The summed E-state index contributed by atoms with van der Waals surface area (Å²) >= 11 is 0. The van der Waals surface area contributed by atoms with Crippen molar-refractivity contribution in [3.05, 3.63) is 155 Å². The molecule has 0 amide bonds. The summed E-state index contributed by atoms with van der Waals surface area (Å²) in [6, 6.07) is 29.1. The number of fused-ring (bicyclic) bond motifs is 1. The molecule has 24 nitrogen and oxygen atoms in total. The lowest BCUT2D eigenvalue weighted by Crippen LogP contribution is -2.01. The average molecular weight is 1140 g/mol. The van der Waals surface area contributed by atoms with E-state index >= 15 is 0 Å². The number of aryl methyl sites for hydroxylation is 8. The van der Waals surface area contributed by atoms with Crippen molar-refractivity contribution in [3.8, 4) is 56.9 Å². The van der Waals surface area contributed by atoms with E-state index in [0.29, 0.717) is 73.3 Å². The van der Waals surface area contributed by atoms with Crippen LogP contribution in [0, 0.1) is 55.4 Å². The van der Waals surface area contributed by atoms with E-state index in [-0.39, 0.29) is 48.7 Å². The van der Waals surface area contributed by atoms with Crippen molar-refractivity contribution in [2.75, 3.05) is 0 Å². The molecule has 10 rings (SSSR count). The van der Waals surface area contributed by atoms with Crippen LogP contribution in [0.2, 0.25) is 0 Å². The zero-order valence-corrected chi connectivity index (χ0v) is 45.4. The van der Waals surface area contributed by atoms with Crippen molar-refractivity contribution >= 4 is 51.2 Å². The lowest BCUT2D eigenvalue weighted by Gasteiger charge is -2.12. The first-order valence-corrected chi connectivity index (χ1v) is 28.1. The van der Waals surface area contributed by atoms with Crippen LogP contribution in [0.1, 0.15) is 45.8 Å². The quantitative estimate of drug-likeness (QED) is 0.133. The third kappa shape index (κ3) is 14.4. The first-order chi connectivity index (χ1) is 36.4. The van der Waals surface area contributed by atoms with Crippen LogP contribution in [0.25, 0.3) is 67.7 Å². The molecule has 10 aromatic rings. The molecule has 0 radical (unpaired) electrons. The van der Waals surface area contributed by atoms with Crippen molar-refractivity contribution in [2.24, 2.45) is 0 Å². The Balaban J connectivity index is 0.000000152. The van der Waals surface area contributed by atoms with Gasteiger partial charge in [-0.15, -0.1) is 40.8 Å². The van der Waals surface area contributed by atoms with E-state index in [2.05, 4.69) is 40.8 Å². The van der Waals surface area contributed by atoms with Crippen molar-refractivity contribution in [1.82, 2.24) is 40.8 Å². The minimum atomic E-state index is -4.56. The maximum atomic E-state index is 11.7. The predicted octanol–water partition coefficient (Wildman–Crippen LogP) is 8.19. The van der Waals surface area contributed by atoms with Crippen LogP contribution >= 0.6 is 0 Å². The summed E-state index contributed by atoms with van der Waals surface area (Å²) in [7, 11) is -18.0. The number of rotatable bonds is 9. The highest BCUT2D eigenvalue weighted by Crippen LogP contribution is 2.33. The molecule has 0 spiro atoms. The fourth-order valence-corrected chi connectivity index (χ4v) is 10.1. The van der Waals surface area contributed by atoms with Crippen LogP contribution in [-0.2, 0) is 40.5 Å². The van der Waals surface area contributed by atoms with Gasteiger partial charge < -0.3 is 31.3 Å². The first-order valence-electron chi connectivity index (χ1n) is 22.5. The Morgan fingerprint density at radius 1 is 0.372 bits per heavy atom. The van der Waals surface area contributed by atoms with Gasteiger partial charge in [0.1, 0.15) is 35.2 Å². The van der Waals surface area contributed by atoms with Crippen LogP contribution in [0.5, 0.6) is 0 Å². The predicted molar refractivity (Wildman–Crippen MR) is 273 cm³/mol. The van der Waals surface area contributed by atoms with Gasteiger partial charge in [0, 0.05) is 44.4 Å². The molecule has 0 fully saturated rings. The van der Waals surface area contributed by atoms with Gasteiger partial charge in [0.25, 0.3) is 10.1 Å². The van der Waals surface area contributed by atoms with E-state index in [1.807, 2.05) is 37.3 Å². The number of nitrogens with zero attached hydrogens (tertiary/aromatic N) is 8. The molecule has 4 aromatic heterocycles. The molecule has 0 aliphatic heterocycles. The van der Waals surface area contributed by atoms with Crippen molar-refractivity contribution in [1.29, 1.82) is 0 Å². The van der Waals surface area contributed by atoms with Gasteiger partial charge in [-0.25, -0.2) is 25.3 Å². The Hall–Kier alpha value is -8.22. The van der Waals surface area contributed by atoms with Gasteiger partial charge >= 0.3 is 0 Å². The lowest BCUT2D eigenvalue weighted by atomic mass is 10.0. The van der Waals surface area contributed by atoms with Crippen molar-refractivity contribution in [2.45, 2.75) is 75.0 Å². The summed E-state index contributed by atoms with van der Waals surface area (Å²) < 4.78 is 154. The fourth-order valence-electron chi connectivity index (χ4n) is 7.31. The van der Waals surface area contributed by atoms with Crippen molar-refractivity contribution in [3.63, 3.8) is 0 Å². The van der Waals surface area contributed by atoms with E-state index in [0.717, 1.165) is 11.1 Å². The Kier molecular flexibility index (Phi) is 16.8. The third-order valence-corrected chi connectivity index (χ3v) is 14.4. The summed E-state index contributed by atoms with van der Waals surface area (Å²) in [4.78, 5) is -1.08. The molecule has 0 bridgehead atoms. The van der Waals surface area contributed by atoms with Crippen LogP contribution in [0.15, 0.2) is 146 Å². The highest BCUT2D eigenvalue weighted by Gasteiger charge is 2.22. The maximum absolute atomic E-state index is 11.7. The number of aromatic nitrogens is 8. The molecule has 6 aromatic carbocycles. The number of hydrogen-bond acceptors (Lipinski definition) is 23.